The van der Waals surface area contributed by atoms with Gasteiger partial charge in [0.2, 0.25) is 0 Å². The van der Waals surface area contributed by atoms with Crippen molar-refractivity contribution in [1.82, 2.24) is 0 Å². The predicted octanol–water partition coefficient (Wildman–Crippen LogP) is 7.61. The molecular formula is C32H34O4. The van der Waals surface area contributed by atoms with Crippen LogP contribution in [0.1, 0.15) is 62.8 Å². The van der Waals surface area contributed by atoms with E-state index in [1.54, 1.807) is 50.3 Å². The molecule has 0 aliphatic rings. The minimum absolute atomic E-state index is 0.380. The van der Waals surface area contributed by atoms with Crippen LogP contribution in [-0.4, -0.2) is 11.9 Å². The highest BCUT2D eigenvalue weighted by molar-refractivity contribution is 5.95. The zero-order chi connectivity index (χ0) is 25.9. The SMILES string of the molecule is CCCc1ccc(C=C(C)C(=O)Oc2ccc(OC(=O)C(C)=Cc3ccc(CCC)cc3)cc2)cc1. The van der Waals surface area contributed by atoms with Crippen LogP contribution >= 0.6 is 0 Å². The molecule has 36 heavy (non-hydrogen) atoms. The second-order valence-electron chi connectivity index (χ2n) is 8.89. The zero-order valence-corrected chi connectivity index (χ0v) is 21.5. The van der Waals surface area contributed by atoms with Crippen molar-refractivity contribution in [1.29, 1.82) is 0 Å². The van der Waals surface area contributed by atoms with Gasteiger partial charge in [0.05, 0.1) is 0 Å². The number of rotatable bonds is 10. The quantitative estimate of drug-likeness (QED) is 0.169. The maximum atomic E-state index is 12.5. The summed E-state index contributed by atoms with van der Waals surface area (Å²) in [6.45, 7) is 7.75. The maximum absolute atomic E-state index is 12.5. The van der Waals surface area contributed by atoms with Crippen molar-refractivity contribution in [3.05, 3.63) is 106 Å². The summed E-state index contributed by atoms with van der Waals surface area (Å²) in [5.41, 5.74) is 5.46. The molecule has 0 saturated heterocycles. The van der Waals surface area contributed by atoms with Crippen LogP contribution in [0.15, 0.2) is 83.9 Å². The second-order valence-corrected chi connectivity index (χ2v) is 8.89. The standard InChI is InChI=1S/C32H34O4/c1-5-7-25-9-13-27(14-10-25)21-23(3)31(33)35-29-17-19-30(20-18-29)36-32(34)24(4)22-28-15-11-26(8-6-2)12-16-28/h9-22H,5-8H2,1-4H3. The van der Waals surface area contributed by atoms with Crippen LogP contribution in [0.25, 0.3) is 12.2 Å². The normalized spacial score (nSPS) is 11.8. The molecule has 3 aromatic rings. The number of benzene rings is 3. The molecule has 3 aromatic carbocycles. The van der Waals surface area contributed by atoms with E-state index in [-0.39, 0.29) is 0 Å². The molecule has 0 saturated carbocycles. The number of esters is 2. The van der Waals surface area contributed by atoms with E-state index in [2.05, 4.69) is 38.1 Å². The van der Waals surface area contributed by atoms with Crippen LogP contribution in [-0.2, 0) is 22.4 Å². The first-order valence-electron chi connectivity index (χ1n) is 12.5. The van der Waals surface area contributed by atoms with Gasteiger partial charge in [0, 0.05) is 11.1 Å². The van der Waals surface area contributed by atoms with E-state index in [1.807, 2.05) is 24.3 Å². The Bertz CT molecular complexity index is 1120. The summed E-state index contributed by atoms with van der Waals surface area (Å²) in [5, 5.41) is 0. The average Bonchev–Trinajstić information content (AvgIpc) is 2.87. The van der Waals surface area contributed by atoms with Gasteiger partial charge in [-0.1, -0.05) is 75.2 Å². The van der Waals surface area contributed by atoms with E-state index in [0.717, 1.165) is 36.8 Å². The first-order chi connectivity index (χ1) is 17.4. The molecule has 0 amide bonds. The minimum atomic E-state index is -0.430. The molecule has 0 radical (unpaired) electrons. The van der Waals surface area contributed by atoms with Crippen molar-refractivity contribution in [3.8, 4) is 11.5 Å². The Kier molecular flexibility index (Phi) is 9.82. The van der Waals surface area contributed by atoms with E-state index in [0.29, 0.717) is 22.6 Å². The Labute approximate surface area is 214 Å². The summed E-state index contributed by atoms with van der Waals surface area (Å²) in [6, 6.07) is 22.8. The van der Waals surface area contributed by atoms with Crippen molar-refractivity contribution >= 4 is 24.1 Å². The molecule has 0 aliphatic carbocycles. The zero-order valence-electron chi connectivity index (χ0n) is 21.5. The Morgan fingerprint density at radius 2 is 0.917 bits per heavy atom. The summed E-state index contributed by atoms with van der Waals surface area (Å²) in [4.78, 5) is 25.0. The third-order valence-corrected chi connectivity index (χ3v) is 5.69. The number of ether oxygens (including phenoxy) is 2. The largest absolute Gasteiger partial charge is 0.423 e. The van der Waals surface area contributed by atoms with Crippen LogP contribution in [0.4, 0.5) is 0 Å². The lowest BCUT2D eigenvalue weighted by Crippen LogP contribution is -2.10. The summed E-state index contributed by atoms with van der Waals surface area (Å²) in [7, 11) is 0. The first-order valence-corrected chi connectivity index (χ1v) is 12.5. The summed E-state index contributed by atoms with van der Waals surface area (Å²) >= 11 is 0. The van der Waals surface area contributed by atoms with Gasteiger partial charge in [0.15, 0.2) is 0 Å². The van der Waals surface area contributed by atoms with Crippen LogP contribution in [0, 0.1) is 0 Å². The molecule has 0 N–H and O–H groups in total. The van der Waals surface area contributed by atoms with Crippen LogP contribution in [0.2, 0.25) is 0 Å². The van der Waals surface area contributed by atoms with E-state index in [4.69, 9.17) is 9.47 Å². The van der Waals surface area contributed by atoms with Crippen molar-refractivity contribution < 1.29 is 19.1 Å². The molecule has 4 heteroatoms. The first kappa shape index (κ1) is 26.7. The maximum Gasteiger partial charge on any atom is 0.339 e. The van der Waals surface area contributed by atoms with Crippen LogP contribution < -0.4 is 9.47 Å². The van der Waals surface area contributed by atoms with Gasteiger partial charge in [0.25, 0.3) is 0 Å². The Morgan fingerprint density at radius 3 is 1.22 bits per heavy atom. The third kappa shape index (κ3) is 8.09. The lowest BCUT2D eigenvalue weighted by Gasteiger charge is -2.08. The van der Waals surface area contributed by atoms with Gasteiger partial charge < -0.3 is 9.47 Å². The van der Waals surface area contributed by atoms with E-state index < -0.39 is 11.9 Å². The number of hydrogen-bond acceptors (Lipinski definition) is 4. The Balaban J connectivity index is 1.56. The van der Waals surface area contributed by atoms with Gasteiger partial charge in [0.1, 0.15) is 11.5 Å². The lowest BCUT2D eigenvalue weighted by atomic mass is 10.1. The molecule has 0 aliphatic heterocycles. The highest BCUT2D eigenvalue weighted by Crippen LogP contribution is 2.21. The Morgan fingerprint density at radius 1 is 0.583 bits per heavy atom. The molecule has 0 atom stereocenters. The van der Waals surface area contributed by atoms with Gasteiger partial charge in [-0.05, 0) is 85.4 Å². The highest BCUT2D eigenvalue weighted by atomic mass is 16.5. The summed E-state index contributed by atoms with van der Waals surface area (Å²) in [5.74, 6) is -0.0993. The van der Waals surface area contributed by atoms with E-state index in [1.165, 1.54) is 11.1 Å². The molecule has 0 unspecified atom stereocenters. The van der Waals surface area contributed by atoms with Gasteiger partial charge in [-0.15, -0.1) is 0 Å². The monoisotopic (exact) mass is 482 g/mol. The Hall–Kier alpha value is -3.92. The fraction of sp³-hybridized carbons (Fsp3) is 0.250. The minimum Gasteiger partial charge on any atom is -0.423 e. The van der Waals surface area contributed by atoms with Crippen molar-refractivity contribution in [2.24, 2.45) is 0 Å². The summed E-state index contributed by atoms with van der Waals surface area (Å²) in [6.07, 6.45) is 7.89. The van der Waals surface area contributed by atoms with Gasteiger partial charge in [-0.25, -0.2) is 9.59 Å². The molecule has 0 bridgehead atoms. The van der Waals surface area contributed by atoms with E-state index >= 15 is 0 Å². The highest BCUT2D eigenvalue weighted by Gasteiger charge is 2.11. The van der Waals surface area contributed by atoms with Crippen LogP contribution in [0.3, 0.4) is 0 Å². The molecule has 0 aromatic heterocycles. The molecule has 0 fully saturated rings. The fourth-order valence-corrected chi connectivity index (χ4v) is 3.71. The van der Waals surface area contributed by atoms with Crippen molar-refractivity contribution in [2.75, 3.05) is 0 Å². The summed E-state index contributed by atoms with van der Waals surface area (Å²) < 4.78 is 10.9. The van der Waals surface area contributed by atoms with E-state index in [9.17, 15) is 9.59 Å². The van der Waals surface area contributed by atoms with Crippen molar-refractivity contribution in [3.63, 3.8) is 0 Å². The second kappa shape index (κ2) is 13.2. The van der Waals surface area contributed by atoms with Gasteiger partial charge >= 0.3 is 11.9 Å². The number of aryl methyl sites for hydroxylation is 2. The molecule has 4 nitrogen and oxygen atoms in total. The number of carbonyl (C=O) groups is 2. The third-order valence-electron chi connectivity index (χ3n) is 5.69. The number of hydrogen-bond donors (Lipinski definition) is 0. The topological polar surface area (TPSA) is 52.6 Å². The smallest absolute Gasteiger partial charge is 0.339 e. The van der Waals surface area contributed by atoms with Gasteiger partial charge in [-0.2, -0.15) is 0 Å². The fourth-order valence-electron chi connectivity index (χ4n) is 3.71. The molecule has 3 rings (SSSR count). The molecular weight excluding hydrogens is 448 g/mol. The molecule has 0 heterocycles. The van der Waals surface area contributed by atoms with Crippen molar-refractivity contribution in [2.45, 2.75) is 53.4 Å². The lowest BCUT2D eigenvalue weighted by molar-refractivity contribution is -0.131. The van der Waals surface area contributed by atoms with Crippen LogP contribution in [0.5, 0.6) is 11.5 Å². The number of carbonyl (C=O) groups excluding carboxylic acids is 2. The molecule has 0 spiro atoms. The molecule has 186 valence electrons. The van der Waals surface area contributed by atoms with Gasteiger partial charge in [-0.3, -0.25) is 0 Å². The average molecular weight is 483 g/mol. The predicted molar refractivity (Wildman–Crippen MR) is 146 cm³/mol.